The van der Waals surface area contributed by atoms with E-state index in [2.05, 4.69) is 17.3 Å². The van der Waals surface area contributed by atoms with Gasteiger partial charge in [0.25, 0.3) is 0 Å². The van der Waals surface area contributed by atoms with Gasteiger partial charge in [-0.1, -0.05) is 19.1 Å². The average Bonchev–Trinajstić information content (AvgIpc) is 3.11. The minimum atomic E-state index is -0.532. The van der Waals surface area contributed by atoms with Gasteiger partial charge >= 0.3 is 13.1 Å². The number of nitrogens with one attached hydrogen (secondary N) is 1. The summed E-state index contributed by atoms with van der Waals surface area (Å²) in [6, 6.07) is 7.43. The molecule has 1 aromatic carbocycles. The third-order valence-corrected chi connectivity index (χ3v) is 4.95. The maximum Gasteiger partial charge on any atom is 0.498 e. The van der Waals surface area contributed by atoms with Gasteiger partial charge in [-0.05, 0) is 51.8 Å². The molecule has 1 aliphatic heterocycles. The van der Waals surface area contributed by atoms with E-state index in [1.54, 1.807) is 12.4 Å². The van der Waals surface area contributed by atoms with Crippen molar-refractivity contribution in [2.45, 2.75) is 52.2 Å². The number of anilines is 1. The number of nitrogens with zero attached hydrogens (tertiary/aromatic N) is 2. The highest BCUT2D eigenvalue weighted by molar-refractivity contribution is 6.62. The van der Waals surface area contributed by atoms with Crippen LogP contribution in [0.25, 0.3) is 0 Å². The first-order valence-corrected chi connectivity index (χ1v) is 8.52. The summed E-state index contributed by atoms with van der Waals surface area (Å²) >= 11 is 0. The number of hydrogen-bond donors (Lipinski definition) is 1. The minimum absolute atomic E-state index is 0.327. The zero-order valence-corrected chi connectivity index (χ0v) is 15.4. The molecule has 1 amide bonds. The van der Waals surface area contributed by atoms with Gasteiger partial charge in [-0.3, -0.25) is 0 Å². The van der Waals surface area contributed by atoms with Gasteiger partial charge in [-0.2, -0.15) is 9.78 Å². The predicted octanol–water partition coefficient (Wildman–Crippen LogP) is 2.82. The van der Waals surface area contributed by atoms with Crippen LogP contribution in [0, 0.1) is 0 Å². The molecule has 132 valence electrons. The van der Waals surface area contributed by atoms with Gasteiger partial charge in [0.2, 0.25) is 0 Å². The van der Waals surface area contributed by atoms with Crippen LogP contribution in [0.15, 0.2) is 36.7 Å². The van der Waals surface area contributed by atoms with Gasteiger partial charge in [0.05, 0.1) is 11.2 Å². The van der Waals surface area contributed by atoms with Crippen LogP contribution in [0.4, 0.5) is 10.5 Å². The highest BCUT2D eigenvalue weighted by Gasteiger charge is 2.52. The Hall–Kier alpha value is -2.12. The molecule has 0 bridgehead atoms. The van der Waals surface area contributed by atoms with Gasteiger partial charge in [0.1, 0.15) is 0 Å². The fourth-order valence-corrected chi connectivity index (χ4v) is 2.55. The van der Waals surface area contributed by atoms with E-state index in [9.17, 15) is 4.79 Å². The minimum Gasteiger partial charge on any atom is -0.399 e. The smallest absolute Gasteiger partial charge is 0.399 e. The SMILES string of the molecule is CCc1ccc(NC(=O)n2cc(B3OC(C)(C)C(C)(C)O3)cn2)cc1. The molecule has 2 heterocycles. The highest BCUT2D eigenvalue weighted by Crippen LogP contribution is 2.36. The Bertz CT molecular complexity index is 752. The monoisotopic (exact) mass is 341 g/mol. The quantitative estimate of drug-likeness (QED) is 0.872. The van der Waals surface area contributed by atoms with E-state index in [4.69, 9.17) is 9.31 Å². The molecular formula is C18H24BN3O3. The summed E-state index contributed by atoms with van der Waals surface area (Å²) in [6.45, 7) is 10.1. The van der Waals surface area contributed by atoms with Crippen molar-refractivity contribution >= 4 is 24.3 Å². The number of benzene rings is 1. The summed E-state index contributed by atoms with van der Waals surface area (Å²) in [6.07, 6.45) is 4.20. The lowest BCUT2D eigenvalue weighted by Crippen LogP contribution is -2.41. The lowest BCUT2D eigenvalue weighted by Gasteiger charge is -2.32. The zero-order valence-electron chi connectivity index (χ0n) is 15.4. The zero-order chi connectivity index (χ0) is 18.2. The number of aryl methyl sites for hydroxylation is 1. The van der Waals surface area contributed by atoms with Crippen molar-refractivity contribution in [1.29, 1.82) is 0 Å². The number of rotatable bonds is 3. The van der Waals surface area contributed by atoms with E-state index in [1.807, 2.05) is 52.0 Å². The van der Waals surface area contributed by atoms with Crippen molar-refractivity contribution in [3.63, 3.8) is 0 Å². The summed E-state index contributed by atoms with van der Waals surface area (Å²) in [7, 11) is -0.532. The first kappa shape index (κ1) is 17.7. The number of aromatic nitrogens is 2. The van der Waals surface area contributed by atoms with Gasteiger partial charge in [0, 0.05) is 23.5 Å². The maximum absolute atomic E-state index is 12.4. The van der Waals surface area contributed by atoms with Crippen LogP contribution in [0.3, 0.4) is 0 Å². The van der Waals surface area contributed by atoms with Crippen LogP contribution in [0.1, 0.15) is 40.2 Å². The standard InChI is InChI=1S/C18H24BN3O3/c1-6-13-7-9-15(10-8-13)21-16(23)22-12-14(11-20-22)19-24-17(2,3)18(4,5)25-19/h7-12H,6H2,1-5H3,(H,21,23). The van der Waals surface area contributed by atoms with Gasteiger partial charge in [-0.15, -0.1) is 0 Å². The molecule has 0 unspecified atom stereocenters. The number of carbonyl (C=O) groups excluding carboxylic acids is 1. The number of carbonyl (C=O) groups is 1. The Morgan fingerprint density at radius 1 is 1.16 bits per heavy atom. The molecular weight excluding hydrogens is 317 g/mol. The average molecular weight is 341 g/mol. The van der Waals surface area contributed by atoms with Crippen molar-refractivity contribution < 1.29 is 14.1 Å². The van der Waals surface area contributed by atoms with Crippen LogP contribution in [-0.4, -0.2) is 34.1 Å². The topological polar surface area (TPSA) is 65.4 Å². The molecule has 1 aliphatic rings. The van der Waals surface area contributed by atoms with E-state index in [-0.39, 0.29) is 6.03 Å². The first-order chi connectivity index (χ1) is 11.7. The van der Waals surface area contributed by atoms with E-state index >= 15 is 0 Å². The van der Waals surface area contributed by atoms with E-state index in [0.29, 0.717) is 0 Å². The van der Waals surface area contributed by atoms with Crippen LogP contribution >= 0.6 is 0 Å². The molecule has 25 heavy (non-hydrogen) atoms. The summed E-state index contributed by atoms with van der Waals surface area (Å²) in [5, 5.41) is 6.96. The van der Waals surface area contributed by atoms with Crippen molar-refractivity contribution in [3.05, 3.63) is 42.2 Å². The third-order valence-electron chi connectivity index (χ3n) is 4.95. The molecule has 1 aromatic heterocycles. The molecule has 7 heteroatoms. The molecule has 0 saturated carbocycles. The number of amides is 1. The second kappa shape index (κ2) is 6.31. The fraction of sp³-hybridized carbons (Fsp3) is 0.444. The van der Waals surface area contributed by atoms with E-state index in [0.717, 1.165) is 17.6 Å². The number of hydrogen-bond acceptors (Lipinski definition) is 4. The Labute approximate surface area is 148 Å². The third kappa shape index (κ3) is 3.48. The normalized spacial score (nSPS) is 18.4. The lowest BCUT2D eigenvalue weighted by molar-refractivity contribution is 0.00578. The van der Waals surface area contributed by atoms with Crippen LogP contribution in [0.2, 0.25) is 0 Å². The molecule has 2 aromatic rings. The van der Waals surface area contributed by atoms with Gasteiger partial charge < -0.3 is 14.6 Å². The first-order valence-electron chi connectivity index (χ1n) is 8.52. The molecule has 0 atom stereocenters. The summed E-state index contributed by atoms with van der Waals surface area (Å²) in [4.78, 5) is 12.4. The Morgan fingerprint density at radius 2 is 1.76 bits per heavy atom. The molecule has 1 saturated heterocycles. The van der Waals surface area contributed by atoms with Crippen molar-refractivity contribution in [1.82, 2.24) is 9.78 Å². The fourth-order valence-electron chi connectivity index (χ4n) is 2.55. The van der Waals surface area contributed by atoms with Crippen LogP contribution in [0.5, 0.6) is 0 Å². The van der Waals surface area contributed by atoms with Crippen molar-refractivity contribution in [2.24, 2.45) is 0 Å². The lowest BCUT2D eigenvalue weighted by atomic mass is 9.82. The Morgan fingerprint density at radius 3 is 2.32 bits per heavy atom. The van der Waals surface area contributed by atoms with Crippen LogP contribution < -0.4 is 10.8 Å². The molecule has 1 fully saturated rings. The van der Waals surface area contributed by atoms with Crippen molar-refractivity contribution in [2.75, 3.05) is 5.32 Å². The molecule has 1 N–H and O–H groups in total. The predicted molar refractivity (Wildman–Crippen MR) is 98.2 cm³/mol. The summed E-state index contributed by atoms with van der Waals surface area (Å²) in [5.41, 5.74) is 1.82. The van der Waals surface area contributed by atoms with E-state index in [1.165, 1.54) is 10.2 Å². The maximum atomic E-state index is 12.4. The second-order valence-corrected chi connectivity index (χ2v) is 7.29. The van der Waals surface area contributed by atoms with E-state index < -0.39 is 18.3 Å². The molecule has 0 aliphatic carbocycles. The molecule has 0 spiro atoms. The van der Waals surface area contributed by atoms with Gasteiger partial charge in [-0.25, -0.2) is 4.79 Å². The molecule has 0 radical (unpaired) electrons. The summed E-state index contributed by atoms with van der Waals surface area (Å²) < 4.78 is 13.2. The van der Waals surface area contributed by atoms with Gasteiger partial charge in [0.15, 0.2) is 0 Å². The molecule has 3 rings (SSSR count). The Kier molecular flexibility index (Phi) is 4.47. The second-order valence-electron chi connectivity index (χ2n) is 7.29. The highest BCUT2D eigenvalue weighted by atomic mass is 16.7. The largest absolute Gasteiger partial charge is 0.498 e. The molecule has 6 nitrogen and oxygen atoms in total. The Balaban J connectivity index is 1.70. The van der Waals surface area contributed by atoms with Crippen molar-refractivity contribution in [3.8, 4) is 0 Å². The van der Waals surface area contributed by atoms with Crippen LogP contribution in [-0.2, 0) is 15.7 Å². The summed E-state index contributed by atoms with van der Waals surface area (Å²) in [5.74, 6) is 0.